The van der Waals surface area contributed by atoms with Gasteiger partial charge in [-0.3, -0.25) is 10.1 Å². The van der Waals surface area contributed by atoms with Gasteiger partial charge >= 0.3 is 12.0 Å². The molecular weight excluding hydrogens is 341 g/mol. The number of halogens is 1. The smallest absolute Gasteiger partial charge is 0.340 e. The number of esters is 1. The predicted octanol–water partition coefficient (Wildman–Crippen LogP) is 2.28. The van der Waals surface area contributed by atoms with Crippen LogP contribution in [0.1, 0.15) is 42.5 Å². The van der Waals surface area contributed by atoms with E-state index in [0.717, 1.165) is 37.5 Å². The molecule has 26 heavy (non-hydrogen) atoms. The quantitative estimate of drug-likeness (QED) is 0.408. The van der Waals surface area contributed by atoms with Gasteiger partial charge in [0, 0.05) is 12.2 Å². The van der Waals surface area contributed by atoms with Gasteiger partial charge in [-0.15, -0.1) is 0 Å². The van der Waals surface area contributed by atoms with E-state index in [4.69, 9.17) is 10.5 Å². The standard InChI is InChI=1S/C18H22FN3O4/c19-13-6-7-14(15(20)10-13)17(24)26-11-16(23)22-18(25)21-9-8-12-4-2-1-3-5-12/h4,6-7,10H,1-3,5,8-9,11,20H2,(H2,21,22,23,25). The first kappa shape index (κ1) is 19.4. The average Bonchev–Trinajstić information content (AvgIpc) is 2.60. The van der Waals surface area contributed by atoms with Crippen molar-refractivity contribution in [2.24, 2.45) is 0 Å². The molecule has 1 aliphatic rings. The zero-order chi connectivity index (χ0) is 18.9. The number of amides is 3. The van der Waals surface area contributed by atoms with Gasteiger partial charge in [0.15, 0.2) is 6.61 Å². The van der Waals surface area contributed by atoms with E-state index in [0.29, 0.717) is 6.54 Å². The van der Waals surface area contributed by atoms with E-state index in [1.165, 1.54) is 18.4 Å². The lowest BCUT2D eigenvalue weighted by atomic mass is 9.97. The molecule has 0 saturated heterocycles. The fourth-order valence-corrected chi connectivity index (χ4v) is 2.60. The lowest BCUT2D eigenvalue weighted by molar-refractivity contribution is -0.123. The molecule has 1 aromatic carbocycles. The first-order valence-electron chi connectivity index (χ1n) is 8.43. The van der Waals surface area contributed by atoms with E-state index in [2.05, 4.69) is 16.7 Å². The van der Waals surface area contributed by atoms with Gasteiger partial charge in [-0.05, 0) is 50.3 Å². The SMILES string of the molecule is Nc1cc(F)ccc1C(=O)OCC(=O)NC(=O)NCCC1=CCCCC1. The molecule has 0 heterocycles. The molecule has 0 atom stereocenters. The third kappa shape index (κ3) is 6.19. The van der Waals surface area contributed by atoms with Crippen LogP contribution in [0.15, 0.2) is 29.8 Å². The van der Waals surface area contributed by atoms with Gasteiger partial charge in [-0.2, -0.15) is 0 Å². The van der Waals surface area contributed by atoms with E-state index in [1.54, 1.807) is 0 Å². The van der Waals surface area contributed by atoms with Crippen molar-refractivity contribution in [1.29, 1.82) is 0 Å². The van der Waals surface area contributed by atoms with E-state index >= 15 is 0 Å². The maximum Gasteiger partial charge on any atom is 0.340 e. The minimum Gasteiger partial charge on any atom is -0.452 e. The molecule has 0 unspecified atom stereocenters. The van der Waals surface area contributed by atoms with E-state index in [1.807, 2.05) is 0 Å². The monoisotopic (exact) mass is 363 g/mol. The Hall–Kier alpha value is -2.90. The van der Waals surface area contributed by atoms with Crippen molar-refractivity contribution in [2.75, 3.05) is 18.9 Å². The molecular formula is C18H22FN3O4. The van der Waals surface area contributed by atoms with Crippen molar-refractivity contribution < 1.29 is 23.5 Å². The van der Waals surface area contributed by atoms with Crippen LogP contribution in [0.25, 0.3) is 0 Å². The minimum absolute atomic E-state index is 0.0515. The molecule has 2 rings (SSSR count). The highest BCUT2D eigenvalue weighted by atomic mass is 19.1. The maximum absolute atomic E-state index is 12.9. The molecule has 0 fully saturated rings. The van der Waals surface area contributed by atoms with E-state index in [9.17, 15) is 18.8 Å². The van der Waals surface area contributed by atoms with Crippen LogP contribution in [0.3, 0.4) is 0 Å². The highest BCUT2D eigenvalue weighted by Gasteiger charge is 2.15. The third-order valence-electron chi connectivity index (χ3n) is 3.94. The lowest BCUT2D eigenvalue weighted by Gasteiger charge is -2.13. The van der Waals surface area contributed by atoms with E-state index < -0.39 is 30.3 Å². The molecule has 1 aromatic rings. The Bertz CT molecular complexity index is 718. The number of anilines is 1. The van der Waals surface area contributed by atoms with Crippen LogP contribution in [-0.4, -0.2) is 31.1 Å². The fraction of sp³-hybridized carbons (Fsp3) is 0.389. The average molecular weight is 363 g/mol. The zero-order valence-electron chi connectivity index (χ0n) is 14.3. The molecule has 8 heteroatoms. The largest absolute Gasteiger partial charge is 0.452 e. The van der Waals surface area contributed by atoms with Crippen LogP contribution >= 0.6 is 0 Å². The van der Waals surface area contributed by atoms with Crippen molar-refractivity contribution in [3.63, 3.8) is 0 Å². The Kier molecular flexibility index (Phi) is 7.13. The van der Waals surface area contributed by atoms with Gasteiger partial charge < -0.3 is 15.8 Å². The molecule has 140 valence electrons. The second-order valence-corrected chi connectivity index (χ2v) is 5.97. The summed E-state index contributed by atoms with van der Waals surface area (Å²) in [5, 5.41) is 4.65. The maximum atomic E-state index is 12.9. The summed E-state index contributed by atoms with van der Waals surface area (Å²) in [6.45, 7) is -0.217. The van der Waals surface area contributed by atoms with Gasteiger partial charge in [0.25, 0.3) is 5.91 Å². The zero-order valence-corrected chi connectivity index (χ0v) is 14.3. The van der Waals surface area contributed by atoms with Crippen molar-refractivity contribution >= 4 is 23.6 Å². The number of rotatable bonds is 6. The van der Waals surface area contributed by atoms with Crippen LogP contribution in [-0.2, 0) is 9.53 Å². The summed E-state index contributed by atoms with van der Waals surface area (Å²) in [6, 6.07) is 2.55. The molecule has 0 spiro atoms. The molecule has 0 radical (unpaired) electrons. The van der Waals surface area contributed by atoms with Crippen molar-refractivity contribution in [3.8, 4) is 0 Å². The summed E-state index contributed by atoms with van der Waals surface area (Å²) >= 11 is 0. The Labute approximate surface area is 150 Å². The number of carbonyl (C=O) groups excluding carboxylic acids is 3. The summed E-state index contributed by atoms with van der Waals surface area (Å²) in [5.41, 5.74) is 6.69. The molecule has 0 aromatic heterocycles. The number of carbonyl (C=O) groups is 3. The van der Waals surface area contributed by atoms with Crippen LogP contribution in [0.4, 0.5) is 14.9 Å². The van der Waals surface area contributed by atoms with Gasteiger partial charge in [0.05, 0.1) is 5.56 Å². The molecule has 0 bridgehead atoms. The first-order chi connectivity index (χ1) is 12.5. The Balaban J connectivity index is 1.68. The fourth-order valence-electron chi connectivity index (χ4n) is 2.60. The number of ether oxygens (including phenoxy) is 1. The van der Waals surface area contributed by atoms with Gasteiger partial charge in [0.1, 0.15) is 5.82 Å². The minimum atomic E-state index is -0.873. The number of imide groups is 1. The van der Waals surface area contributed by atoms with Gasteiger partial charge in [0.2, 0.25) is 0 Å². The molecule has 1 aliphatic carbocycles. The van der Waals surface area contributed by atoms with Crippen molar-refractivity contribution in [2.45, 2.75) is 32.1 Å². The van der Waals surface area contributed by atoms with Gasteiger partial charge in [-0.1, -0.05) is 11.6 Å². The van der Waals surface area contributed by atoms with Crippen LogP contribution in [0.5, 0.6) is 0 Å². The van der Waals surface area contributed by atoms with Crippen molar-refractivity contribution in [3.05, 3.63) is 41.2 Å². The number of hydrogen-bond donors (Lipinski definition) is 3. The summed E-state index contributed by atoms with van der Waals surface area (Å²) in [7, 11) is 0. The topological polar surface area (TPSA) is 111 Å². The first-order valence-corrected chi connectivity index (χ1v) is 8.43. The molecule has 0 saturated carbocycles. The number of nitrogens with two attached hydrogens (primary N) is 1. The number of nitrogens with one attached hydrogen (secondary N) is 2. The predicted molar refractivity (Wildman–Crippen MR) is 93.8 cm³/mol. The van der Waals surface area contributed by atoms with E-state index in [-0.39, 0.29) is 11.3 Å². The molecule has 3 amide bonds. The van der Waals surface area contributed by atoms with Crippen LogP contribution in [0.2, 0.25) is 0 Å². The van der Waals surface area contributed by atoms with Crippen LogP contribution in [0, 0.1) is 5.82 Å². The summed E-state index contributed by atoms with van der Waals surface area (Å²) < 4.78 is 17.7. The highest BCUT2D eigenvalue weighted by Crippen LogP contribution is 2.19. The summed E-state index contributed by atoms with van der Waals surface area (Å²) in [5.74, 6) is -2.23. The number of allylic oxidation sites excluding steroid dienone is 1. The van der Waals surface area contributed by atoms with Crippen molar-refractivity contribution in [1.82, 2.24) is 10.6 Å². The Morgan fingerprint density at radius 1 is 1.23 bits per heavy atom. The third-order valence-corrected chi connectivity index (χ3v) is 3.94. The Morgan fingerprint density at radius 3 is 2.73 bits per heavy atom. The van der Waals surface area contributed by atoms with Gasteiger partial charge in [-0.25, -0.2) is 14.0 Å². The number of urea groups is 1. The lowest BCUT2D eigenvalue weighted by Crippen LogP contribution is -2.41. The Morgan fingerprint density at radius 2 is 2.04 bits per heavy atom. The number of nitrogen functional groups attached to an aromatic ring is 1. The second-order valence-electron chi connectivity index (χ2n) is 5.97. The summed E-state index contributed by atoms with van der Waals surface area (Å²) in [4.78, 5) is 35.1. The normalized spacial score (nSPS) is 13.5. The molecule has 4 N–H and O–H groups in total. The summed E-state index contributed by atoms with van der Waals surface area (Å²) in [6.07, 6.45) is 7.43. The molecule has 0 aliphatic heterocycles. The number of benzene rings is 1. The highest BCUT2D eigenvalue weighted by molar-refractivity contribution is 5.98. The number of hydrogen-bond acceptors (Lipinski definition) is 5. The second kappa shape index (κ2) is 9.55. The van der Waals surface area contributed by atoms with Crippen LogP contribution < -0.4 is 16.4 Å². The molecule has 7 nitrogen and oxygen atoms in total.